The van der Waals surface area contributed by atoms with Gasteiger partial charge in [0.15, 0.2) is 0 Å². The lowest BCUT2D eigenvalue weighted by molar-refractivity contribution is 0.487. The first-order chi connectivity index (χ1) is 9.11. The second kappa shape index (κ2) is 6.93. The molecule has 2 aromatic rings. The highest BCUT2D eigenvalue weighted by Crippen LogP contribution is 2.36. The molecule has 0 aliphatic carbocycles. The third-order valence-electron chi connectivity index (χ3n) is 2.49. The quantitative estimate of drug-likeness (QED) is 0.661. The summed E-state index contributed by atoms with van der Waals surface area (Å²) in [5.74, 6) is 2.73. The van der Waals surface area contributed by atoms with Gasteiger partial charge in [0, 0.05) is 4.47 Å². The van der Waals surface area contributed by atoms with Crippen LogP contribution in [0.1, 0.15) is 11.5 Å². The second-order valence-corrected chi connectivity index (χ2v) is 6.35. The number of nitrogens with one attached hydrogen (secondary N) is 1. The maximum absolute atomic E-state index is 6.16. The normalized spacial score (nSPS) is 10.7. The summed E-state index contributed by atoms with van der Waals surface area (Å²) in [5.41, 5.74) is 0.790. The molecule has 0 aliphatic heterocycles. The number of hydrogen-bond acceptors (Lipinski definition) is 3. The van der Waals surface area contributed by atoms with E-state index in [2.05, 4.69) is 21.2 Å². The smallest absolute Gasteiger partial charge is 0.123 e. The summed E-state index contributed by atoms with van der Waals surface area (Å²) in [5, 5.41) is 4.23. The molecule has 1 N–H and O–H groups in total. The van der Waals surface area contributed by atoms with Crippen molar-refractivity contribution in [3.8, 4) is 0 Å². The molecule has 0 amide bonds. The molecule has 0 atom stereocenters. The van der Waals surface area contributed by atoms with Gasteiger partial charge in [0.1, 0.15) is 11.5 Å². The maximum atomic E-state index is 6.16. The summed E-state index contributed by atoms with van der Waals surface area (Å²) < 4.78 is 6.45. The first-order valence-electron chi connectivity index (χ1n) is 5.55. The van der Waals surface area contributed by atoms with E-state index in [1.807, 2.05) is 30.5 Å². The van der Waals surface area contributed by atoms with E-state index < -0.39 is 0 Å². The molecule has 19 heavy (non-hydrogen) atoms. The van der Waals surface area contributed by atoms with Gasteiger partial charge in [0.25, 0.3) is 0 Å². The van der Waals surface area contributed by atoms with Crippen molar-refractivity contribution in [1.82, 2.24) is 0 Å². The van der Waals surface area contributed by atoms with Gasteiger partial charge < -0.3 is 9.73 Å². The molecule has 0 unspecified atom stereocenters. The zero-order chi connectivity index (χ0) is 13.8. The number of hydrogen-bond donors (Lipinski definition) is 1. The van der Waals surface area contributed by atoms with Gasteiger partial charge in [0.05, 0.1) is 28.0 Å². The van der Waals surface area contributed by atoms with Crippen molar-refractivity contribution in [2.24, 2.45) is 0 Å². The molecule has 2 rings (SSSR count). The largest absolute Gasteiger partial charge is 0.463 e. The lowest BCUT2D eigenvalue weighted by Gasteiger charge is -2.09. The Morgan fingerprint density at radius 2 is 1.89 bits per heavy atom. The summed E-state index contributed by atoms with van der Waals surface area (Å²) in [4.78, 5) is 0. The zero-order valence-corrected chi connectivity index (χ0v) is 14.1. The Morgan fingerprint density at radius 1 is 1.16 bits per heavy atom. The van der Waals surface area contributed by atoms with Crippen LogP contribution in [0.5, 0.6) is 0 Å². The molecule has 2 nitrogen and oxygen atoms in total. The minimum Gasteiger partial charge on any atom is -0.463 e. The molecular formula is C13H12BrCl2NOS. The molecular weight excluding hydrogens is 369 g/mol. The van der Waals surface area contributed by atoms with Crippen LogP contribution in [0.15, 0.2) is 33.2 Å². The molecule has 1 heterocycles. The number of anilines is 1. The van der Waals surface area contributed by atoms with Crippen molar-refractivity contribution in [1.29, 1.82) is 0 Å². The number of furan rings is 1. The lowest BCUT2D eigenvalue weighted by atomic mass is 10.3. The van der Waals surface area contributed by atoms with Crippen LogP contribution in [-0.2, 0) is 12.3 Å². The van der Waals surface area contributed by atoms with E-state index in [0.29, 0.717) is 16.6 Å². The molecule has 0 saturated carbocycles. The van der Waals surface area contributed by atoms with E-state index in [-0.39, 0.29) is 0 Å². The topological polar surface area (TPSA) is 25.2 Å². The van der Waals surface area contributed by atoms with Crippen LogP contribution in [0.2, 0.25) is 10.0 Å². The monoisotopic (exact) mass is 379 g/mol. The average Bonchev–Trinajstić information content (AvgIpc) is 2.83. The summed E-state index contributed by atoms with van der Waals surface area (Å²) >= 11 is 17.3. The van der Waals surface area contributed by atoms with Crippen molar-refractivity contribution >= 4 is 56.6 Å². The Morgan fingerprint density at radius 3 is 2.63 bits per heavy atom. The van der Waals surface area contributed by atoms with Crippen LogP contribution in [0.4, 0.5) is 5.69 Å². The zero-order valence-electron chi connectivity index (χ0n) is 10.2. The fourth-order valence-corrected chi connectivity index (χ4v) is 2.86. The number of thioether (sulfide) groups is 1. The third kappa shape index (κ3) is 3.85. The van der Waals surface area contributed by atoms with Crippen LogP contribution >= 0.6 is 50.9 Å². The van der Waals surface area contributed by atoms with Gasteiger partial charge in [0.2, 0.25) is 0 Å². The Hall–Kier alpha value is -0.290. The van der Waals surface area contributed by atoms with E-state index in [0.717, 1.165) is 27.4 Å². The van der Waals surface area contributed by atoms with Gasteiger partial charge in [-0.1, -0.05) is 23.2 Å². The molecule has 0 fully saturated rings. The minimum atomic E-state index is 0.506. The lowest BCUT2D eigenvalue weighted by Crippen LogP contribution is -1.99. The first kappa shape index (κ1) is 15.1. The molecule has 1 aromatic heterocycles. The molecule has 6 heteroatoms. The van der Waals surface area contributed by atoms with Crippen molar-refractivity contribution in [3.63, 3.8) is 0 Å². The molecule has 0 spiro atoms. The van der Waals surface area contributed by atoms with Crippen LogP contribution in [0, 0.1) is 0 Å². The SMILES string of the molecule is CSCc1ccc(CNc2ccc(Br)c(Cl)c2Cl)o1. The third-order valence-corrected chi connectivity index (χ3v) is 4.84. The van der Waals surface area contributed by atoms with Gasteiger partial charge in [-0.05, 0) is 46.5 Å². The Labute approximate surface area is 135 Å². The van der Waals surface area contributed by atoms with Crippen molar-refractivity contribution in [2.45, 2.75) is 12.3 Å². The molecule has 0 radical (unpaired) electrons. The van der Waals surface area contributed by atoms with E-state index in [1.165, 1.54) is 0 Å². The highest BCUT2D eigenvalue weighted by atomic mass is 79.9. The standard InChI is InChI=1S/C13H12BrCl2NOS/c1-19-7-9-3-2-8(18-9)6-17-11-5-4-10(14)12(15)13(11)16/h2-5,17H,6-7H2,1H3. The maximum Gasteiger partial charge on any atom is 0.123 e. The summed E-state index contributed by atoms with van der Waals surface area (Å²) in [6.07, 6.45) is 2.05. The molecule has 0 aliphatic rings. The Kier molecular flexibility index (Phi) is 5.51. The number of halogens is 3. The highest BCUT2D eigenvalue weighted by molar-refractivity contribution is 9.10. The van der Waals surface area contributed by atoms with Crippen LogP contribution in [0.25, 0.3) is 0 Å². The first-order valence-corrected chi connectivity index (χ1v) is 8.50. The van der Waals surface area contributed by atoms with Crippen LogP contribution in [-0.4, -0.2) is 6.26 Å². The Bertz CT molecular complexity index is 574. The van der Waals surface area contributed by atoms with Crippen molar-refractivity contribution in [2.75, 3.05) is 11.6 Å². The van der Waals surface area contributed by atoms with Gasteiger partial charge in [-0.25, -0.2) is 0 Å². The van der Waals surface area contributed by atoms with Crippen LogP contribution < -0.4 is 5.32 Å². The highest BCUT2D eigenvalue weighted by Gasteiger charge is 2.09. The summed E-state index contributed by atoms with van der Waals surface area (Å²) in [6, 6.07) is 7.69. The average molecular weight is 381 g/mol. The van der Waals surface area contributed by atoms with Crippen molar-refractivity contribution in [3.05, 3.63) is 50.3 Å². The predicted octanol–water partition coefficient (Wildman–Crippen LogP) is 5.82. The molecule has 1 aromatic carbocycles. The number of benzene rings is 1. The fraction of sp³-hybridized carbons (Fsp3) is 0.231. The van der Waals surface area contributed by atoms with E-state index >= 15 is 0 Å². The molecule has 102 valence electrons. The van der Waals surface area contributed by atoms with E-state index in [1.54, 1.807) is 11.8 Å². The fourth-order valence-electron chi connectivity index (χ4n) is 1.58. The Balaban J connectivity index is 2.04. The van der Waals surface area contributed by atoms with Crippen LogP contribution in [0.3, 0.4) is 0 Å². The second-order valence-electron chi connectivity index (χ2n) is 3.88. The van der Waals surface area contributed by atoms with Gasteiger partial charge in [-0.15, -0.1) is 0 Å². The summed E-state index contributed by atoms with van der Waals surface area (Å²) in [6.45, 7) is 0.575. The molecule has 0 saturated heterocycles. The van der Waals surface area contributed by atoms with E-state index in [9.17, 15) is 0 Å². The van der Waals surface area contributed by atoms with E-state index in [4.69, 9.17) is 27.6 Å². The minimum absolute atomic E-state index is 0.506. The van der Waals surface area contributed by atoms with Crippen molar-refractivity contribution < 1.29 is 4.42 Å². The summed E-state index contributed by atoms with van der Waals surface area (Å²) in [7, 11) is 0. The van der Waals surface area contributed by atoms with Gasteiger partial charge in [-0.2, -0.15) is 11.8 Å². The number of rotatable bonds is 5. The van der Waals surface area contributed by atoms with Gasteiger partial charge >= 0.3 is 0 Å². The molecule has 0 bridgehead atoms. The van der Waals surface area contributed by atoms with Gasteiger partial charge in [-0.3, -0.25) is 0 Å². The predicted molar refractivity (Wildman–Crippen MR) is 87.4 cm³/mol.